The standard InChI is InChI=1S/C23H26F5N5O2S/c1-12-5-4-8-33(12)22(35)17-18(36-21(32-17)20(34)31-13-6-2-3-7-13)15-10-29-16(9-14(15)19(24)25)30-11-23(26,27)28/h9-10,12-13,19H,2-8,11H2,1H3,(H,29,30)(H,31,34). The predicted octanol–water partition coefficient (Wildman–Crippen LogP) is 5.41. The Balaban J connectivity index is 1.73. The van der Waals surface area contributed by atoms with Gasteiger partial charge < -0.3 is 15.5 Å². The van der Waals surface area contributed by atoms with Gasteiger partial charge in [0.1, 0.15) is 18.1 Å². The highest BCUT2D eigenvalue weighted by atomic mass is 32.1. The van der Waals surface area contributed by atoms with Crippen LogP contribution in [0.1, 0.15) is 77.7 Å². The number of hydrogen-bond donors (Lipinski definition) is 2. The van der Waals surface area contributed by atoms with E-state index in [1.54, 1.807) is 4.90 Å². The molecule has 0 spiro atoms. The first kappa shape index (κ1) is 26.2. The number of hydrogen-bond acceptors (Lipinski definition) is 6. The molecule has 3 heterocycles. The molecule has 1 saturated carbocycles. The molecule has 1 saturated heterocycles. The molecule has 0 bridgehead atoms. The number of carbonyl (C=O) groups excluding carboxylic acids is 2. The van der Waals surface area contributed by atoms with Gasteiger partial charge in [0.05, 0.1) is 4.88 Å². The van der Waals surface area contributed by atoms with Gasteiger partial charge in [-0.3, -0.25) is 9.59 Å². The van der Waals surface area contributed by atoms with Gasteiger partial charge in [-0.1, -0.05) is 12.8 Å². The van der Waals surface area contributed by atoms with Crippen molar-refractivity contribution in [1.29, 1.82) is 0 Å². The Labute approximate surface area is 208 Å². The summed E-state index contributed by atoms with van der Waals surface area (Å²) in [6, 6.07) is 0.737. The number of pyridine rings is 1. The highest BCUT2D eigenvalue weighted by Crippen LogP contribution is 2.39. The molecule has 0 radical (unpaired) electrons. The summed E-state index contributed by atoms with van der Waals surface area (Å²) in [7, 11) is 0. The van der Waals surface area contributed by atoms with Gasteiger partial charge in [0, 0.05) is 36.0 Å². The van der Waals surface area contributed by atoms with Crippen molar-refractivity contribution in [1.82, 2.24) is 20.2 Å². The minimum atomic E-state index is -4.56. The summed E-state index contributed by atoms with van der Waals surface area (Å²) < 4.78 is 65.8. The molecule has 4 rings (SSSR count). The molecular weight excluding hydrogens is 505 g/mol. The van der Waals surface area contributed by atoms with Crippen LogP contribution in [0, 0.1) is 0 Å². The summed E-state index contributed by atoms with van der Waals surface area (Å²) in [6.45, 7) is 0.906. The predicted molar refractivity (Wildman–Crippen MR) is 124 cm³/mol. The third-order valence-corrected chi connectivity index (χ3v) is 7.50. The van der Waals surface area contributed by atoms with Crippen molar-refractivity contribution in [2.24, 2.45) is 0 Å². The molecule has 36 heavy (non-hydrogen) atoms. The minimum Gasteiger partial charge on any atom is -0.361 e. The first-order valence-electron chi connectivity index (χ1n) is 11.7. The number of carbonyl (C=O) groups is 2. The molecule has 2 N–H and O–H groups in total. The van der Waals surface area contributed by atoms with Gasteiger partial charge in [-0.15, -0.1) is 11.3 Å². The molecule has 196 valence electrons. The number of amides is 2. The fourth-order valence-corrected chi connectivity index (χ4v) is 5.55. The van der Waals surface area contributed by atoms with Gasteiger partial charge >= 0.3 is 6.18 Å². The summed E-state index contributed by atoms with van der Waals surface area (Å²) in [5.41, 5.74) is -0.884. The van der Waals surface area contributed by atoms with Crippen LogP contribution < -0.4 is 10.6 Å². The third kappa shape index (κ3) is 5.93. The van der Waals surface area contributed by atoms with Crippen molar-refractivity contribution in [3.8, 4) is 10.4 Å². The summed E-state index contributed by atoms with van der Waals surface area (Å²) in [5, 5.41) is 4.84. The summed E-state index contributed by atoms with van der Waals surface area (Å²) >= 11 is 0.803. The number of thiazole rings is 1. The maximum Gasteiger partial charge on any atom is 0.405 e. The smallest absolute Gasteiger partial charge is 0.361 e. The zero-order valence-electron chi connectivity index (χ0n) is 19.5. The van der Waals surface area contributed by atoms with Crippen molar-refractivity contribution in [2.45, 2.75) is 70.1 Å². The lowest BCUT2D eigenvalue weighted by atomic mass is 10.1. The Bertz CT molecular complexity index is 1120. The van der Waals surface area contributed by atoms with Gasteiger partial charge in [0.15, 0.2) is 5.01 Å². The van der Waals surface area contributed by atoms with Gasteiger partial charge in [0.2, 0.25) is 0 Å². The number of nitrogens with one attached hydrogen (secondary N) is 2. The normalized spacial score (nSPS) is 18.8. The SMILES string of the molecule is CC1CCCN1C(=O)c1nc(C(=O)NC2CCCC2)sc1-c1cnc(NCC(F)(F)F)cc1C(F)F. The Hall–Kier alpha value is -2.83. The van der Waals surface area contributed by atoms with Crippen molar-refractivity contribution < 1.29 is 31.5 Å². The van der Waals surface area contributed by atoms with E-state index in [-0.39, 0.29) is 39.0 Å². The number of likely N-dealkylation sites (tertiary alicyclic amines) is 1. The molecule has 2 aliphatic rings. The lowest BCUT2D eigenvalue weighted by Gasteiger charge is -2.21. The van der Waals surface area contributed by atoms with E-state index in [1.807, 2.05) is 12.2 Å². The van der Waals surface area contributed by atoms with Crippen LogP contribution in [0.5, 0.6) is 0 Å². The Kier molecular flexibility index (Phi) is 7.76. The van der Waals surface area contributed by atoms with E-state index in [0.717, 1.165) is 62.1 Å². The average molecular weight is 532 g/mol. The Morgan fingerprint density at radius 2 is 1.92 bits per heavy atom. The van der Waals surface area contributed by atoms with Crippen LogP contribution in [-0.2, 0) is 0 Å². The molecule has 7 nitrogen and oxygen atoms in total. The van der Waals surface area contributed by atoms with E-state index >= 15 is 0 Å². The van der Waals surface area contributed by atoms with Gasteiger partial charge in [-0.2, -0.15) is 13.2 Å². The number of alkyl halides is 5. The Morgan fingerprint density at radius 1 is 1.19 bits per heavy atom. The highest BCUT2D eigenvalue weighted by Gasteiger charge is 2.33. The van der Waals surface area contributed by atoms with E-state index in [9.17, 15) is 31.5 Å². The maximum atomic E-state index is 14.0. The van der Waals surface area contributed by atoms with Crippen LogP contribution in [-0.4, -0.2) is 58.0 Å². The average Bonchev–Trinajstić information content (AvgIpc) is 3.57. The van der Waals surface area contributed by atoms with Crippen LogP contribution >= 0.6 is 11.3 Å². The van der Waals surface area contributed by atoms with Crippen molar-refractivity contribution >= 4 is 29.0 Å². The van der Waals surface area contributed by atoms with Crippen LogP contribution in [0.4, 0.5) is 27.8 Å². The second-order valence-electron chi connectivity index (χ2n) is 9.07. The molecule has 1 aliphatic heterocycles. The number of nitrogens with zero attached hydrogens (tertiary/aromatic N) is 3. The molecule has 2 aromatic heterocycles. The van der Waals surface area contributed by atoms with Crippen LogP contribution in [0.15, 0.2) is 12.3 Å². The van der Waals surface area contributed by atoms with E-state index in [1.165, 1.54) is 0 Å². The molecule has 1 aliphatic carbocycles. The minimum absolute atomic E-state index is 0.0140. The van der Waals surface area contributed by atoms with Crippen molar-refractivity contribution in [2.75, 3.05) is 18.4 Å². The fraction of sp³-hybridized carbons (Fsp3) is 0.565. The zero-order valence-corrected chi connectivity index (χ0v) is 20.3. The zero-order chi connectivity index (χ0) is 26.0. The number of rotatable bonds is 7. The van der Waals surface area contributed by atoms with E-state index in [2.05, 4.69) is 15.3 Å². The lowest BCUT2D eigenvalue weighted by Crippen LogP contribution is -2.34. The molecular formula is C23H26F5N5O2S. The number of anilines is 1. The first-order valence-corrected chi connectivity index (χ1v) is 12.6. The maximum absolute atomic E-state index is 14.0. The summed E-state index contributed by atoms with van der Waals surface area (Å²) in [4.78, 5) is 36.0. The van der Waals surface area contributed by atoms with Crippen LogP contribution in [0.3, 0.4) is 0 Å². The molecule has 1 unspecified atom stereocenters. The monoisotopic (exact) mass is 531 g/mol. The second kappa shape index (κ2) is 10.7. The Morgan fingerprint density at radius 3 is 2.53 bits per heavy atom. The largest absolute Gasteiger partial charge is 0.405 e. The number of halogens is 5. The summed E-state index contributed by atoms with van der Waals surface area (Å²) in [5.74, 6) is -1.35. The van der Waals surface area contributed by atoms with Gasteiger partial charge in [-0.25, -0.2) is 18.7 Å². The van der Waals surface area contributed by atoms with Gasteiger partial charge in [-0.05, 0) is 38.7 Å². The first-order chi connectivity index (χ1) is 17.0. The van der Waals surface area contributed by atoms with Crippen molar-refractivity contribution in [3.63, 3.8) is 0 Å². The summed E-state index contributed by atoms with van der Waals surface area (Å²) in [6.07, 6.45) is -1.44. The van der Waals surface area contributed by atoms with Crippen LogP contribution in [0.25, 0.3) is 10.4 Å². The van der Waals surface area contributed by atoms with E-state index in [4.69, 9.17) is 0 Å². The number of aromatic nitrogens is 2. The fourth-order valence-electron chi connectivity index (χ4n) is 4.56. The molecule has 2 amide bonds. The van der Waals surface area contributed by atoms with Crippen molar-refractivity contribution in [3.05, 3.63) is 28.5 Å². The highest BCUT2D eigenvalue weighted by molar-refractivity contribution is 7.17. The van der Waals surface area contributed by atoms with Crippen LogP contribution in [0.2, 0.25) is 0 Å². The molecule has 1 atom stereocenters. The molecule has 0 aromatic carbocycles. The topological polar surface area (TPSA) is 87.2 Å². The van der Waals surface area contributed by atoms with E-state index < -0.39 is 36.5 Å². The van der Waals surface area contributed by atoms with E-state index in [0.29, 0.717) is 6.54 Å². The lowest BCUT2D eigenvalue weighted by molar-refractivity contribution is -0.115. The molecule has 2 aromatic rings. The molecule has 13 heteroatoms. The van der Waals surface area contributed by atoms with Gasteiger partial charge in [0.25, 0.3) is 18.2 Å². The molecule has 2 fully saturated rings. The second-order valence-corrected chi connectivity index (χ2v) is 10.1. The third-order valence-electron chi connectivity index (χ3n) is 6.41. The quantitative estimate of drug-likeness (QED) is 0.467.